The molecule has 2 fully saturated rings. The quantitative estimate of drug-likeness (QED) is 0.916. The fourth-order valence-corrected chi connectivity index (χ4v) is 3.06. The van der Waals surface area contributed by atoms with Gasteiger partial charge in [0.25, 0.3) is 0 Å². The molecule has 2 aliphatic rings. The lowest BCUT2D eigenvalue weighted by molar-refractivity contribution is 0.190. The van der Waals surface area contributed by atoms with Gasteiger partial charge in [0.15, 0.2) is 11.6 Å². The van der Waals surface area contributed by atoms with Crippen LogP contribution in [0.3, 0.4) is 0 Å². The molecule has 1 saturated heterocycles. The van der Waals surface area contributed by atoms with Crippen LogP contribution >= 0.6 is 0 Å². The van der Waals surface area contributed by atoms with Crippen molar-refractivity contribution in [2.24, 2.45) is 5.92 Å². The first kappa shape index (κ1) is 14.0. The van der Waals surface area contributed by atoms with Crippen LogP contribution in [0, 0.1) is 17.6 Å². The maximum atomic E-state index is 13.3. The second-order valence-electron chi connectivity index (χ2n) is 6.21. The van der Waals surface area contributed by atoms with Crippen molar-refractivity contribution in [3.8, 4) is 0 Å². The van der Waals surface area contributed by atoms with Crippen LogP contribution in [-0.4, -0.2) is 30.1 Å². The zero-order valence-electron chi connectivity index (χ0n) is 11.9. The van der Waals surface area contributed by atoms with Gasteiger partial charge >= 0.3 is 0 Å². The van der Waals surface area contributed by atoms with Crippen molar-refractivity contribution in [2.75, 3.05) is 13.1 Å². The third-order valence-corrected chi connectivity index (χ3v) is 4.58. The zero-order chi connectivity index (χ0) is 14.1. The number of halogens is 2. The Morgan fingerprint density at radius 3 is 2.70 bits per heavy atom. The van der Waals surface area contributed by atoms with E-state index in [1.54, 1.807) is 6.07 Å². The highest BCUT2D eigenvalue weighted by Crippen LogP contribution is 2.34. The number of nitrogens with zero attached hydrogens (tertiary/aromatic N) is 1. The molecule has 0 bridgehead atoms. The molecule has 3 rings (SSSR count). The summed E-state index contributed by atoms with van der Waals surface area (Å²) in [6, 6.07) is 5.27. The van der Waals surface area contributed by atoms with E-state index in [1.807, 2.05) is 0 Å². The number of hydrogen-bond acceptors (Lipinski definition) is 2. The summed E-state index contributed by atoms with van der Waals surface area (Å²) in [4.78, 5) is 2.40. The fourth-order valence-electron chi connectivity index (χ4n) is 3.06. The summed E-state index contributed by atoms with van der Waals surface area (Å²) in [5, 5.41) is 3.63. The van der Waals surface area contributed by atoms with Crippen molar-refractivity contribution in [3.05, 3.63) is 35.4 Å². The lowest BCUT2D eigenvalue weighted by Crippen LogP contribution is -2.40. The van der Waals surface area contributed by atoms with Gasteiger partial charge in [-0.2, -0.15) is 0 Å². The van der Waals surface area contributed by atoms with Crippen molar-refractivity contribution in [2.45, 2.75) is 44.8 Å². The molecular formula is C16H22F2N2. The van der Waals surface area contributed by atoms with E-state index in [-0.39, 0.29) is 0 Å². The molecule has 2 atom stereocenters. The van der Waals surface area contributed by atoms with E-state index in [2.05, 4.69) is 17.1 Å². The lowest BCUT2D eigenvalue weighted by Gasteiger charge is -2.29. The summed E-state index contributed by atoms with van der Waals surface area (Å²) in [5.74, 6) is -0.704. The van der Waals surface area contributed by atoms with Crippen molar-refractivity contribution in [3.63, 3.8) is 0 Å². The van der Waals surface area contributed by atoms with Gasteiger partial charge in [-0.25, -0.2) is 8.78 Å². The molecule has 20 heavy (non-hydrogen) atoms. The molecule has 0 amide bonds. The molecule has 1 aliphatic carbocycles. The Hall–Kier alpha value is -1.00. The highest BCUT2D eigenvalue weighted by Gasteiger charge is 2.34. The first-order chi connectivity index (χ1) is 9.63. The van der Waals surface area contributed by atoms with Crippen LogP contribution < -0.4 is 5.32 Å². The molecule has 1 aromatic rings. The van der Waals surface area contributed by atoms with Gasteiger partial charge in [-0.05, 0) is 56.3 Å². The van der Waals surface area contributed by atoms with E-state index in [0.717, 1.165) is 31.0 Å². The zero-order valence-corrected chi connectivity index (χ0v) is 11.9. The van der Waals surface area contributed by atoms with E-state index in [9.17, 15) is 8.78 Å². The Balaban J connectivity index is 1.70. The summed E-state index contributed by atoms with van der Waals surface area (Å²) >= 11 is 0. The summed E-state index contributed by atoms with van der Waals surface area (Å²) in [6.07, 6.45) is 3.75. The van der Waals surface area contributed by atoms with Gasteiger partial charge in [0, 0.05) is 25.2 Å². The Morgan fingerprint density at radius 2 is 2.00 bits per heavy atom. The van der Waals surface area contributed by atoms with Gasteiger partial charge in [-0.1, -0.05) is 6.07 Å². The number of benzene rings is 1. The van der Waals surface area contributed by atoms with E-state index >= 15 is 0 Å². The first-order valence-electron chi connectivity index (χ1n) is 7.55. The number of nitrogens with one attached hydrogen (secondary N) is 1. The molecule has 2 nitrogen and oxygen atoms in total. The van der Waals surface area contributed by atoms with Crippen molar-refractivity contribution >= 4 is 0 Å². The fraction of sp³-hybridized carbons (Fsp3) is 0.625. The average Bonchev–Trinajstić information content (AvgIpc) is 3.24. The van der Waals surface area contributed by atoms with Crippen LogP contribution in [0.1, 0.15) is 31.7 Å². The number of hydrogen-bond donors (Lipinski definition) is 1. The van der Waals surface area contributed by atoms with Crippen LogP contribution in [-0.2, 0) is 6.54 Å². The van der Waals surface area contributed by atoms with Crippen molar-refractivity contribution in [1.29, 1.82) is 0 Å². The Labute approximate surface area is 119 Å². The average molecular weight is 280 g/mol. The highest BCUT2D eigenvalue weighted by atomic mass is 19.2. The van der Waals surface area contributed by atoms with Crippen LogP contribution in [0.15, 0.2) is 18.2 Å². The molecule has 1 aromatic carbocycles. The summed E-state index contributed by atoms with van der Waals surface area (Å²) in [5.41, 5.74) is 0.854. The molecule has 1 aliphatic heterocycles. The van der Waals surface area contributed by atoms with Gasteiger partial charge in [-0.3, -0.25) is 4.90 Å². The summed E-state index contributed by atoms with van der Waals surface area (Å²) < 4.78 is 26.3. The first-order valence-corrected chi connectivity index (χ1v) is 7.55. The Morgan fingerprint density at radius 1 is 1.20 bits per heavy atom. The molecule has 4 heteroatoms. The predicted octanol–water partition coefficient (Wildman–Crippen LogP) is 2.93. The third-order valence-electron chi connectivity index (χ3n) is 4.58. The van der Waals surface area contributed by atoms with Crippen molar-refractivity contribution in [1.82, 2.24) is 10.2 Å². The molecular weight excluding hydrogens is 258 g/mol. The lowest BCUT2D eigenvalue weighted by atomic mass is 10.1. The molecule has 1 saturated carbocycles. The van der Waals surface area contributed by atoms with Crippen molar-refractivity contribution < 1.29 is 8.78 Å². The highest BCUT2D eigenvalue weighted by molar-refractivity contribution is 5.18. The van der Waals surface area contributed by atoms with Gasteiger partial charge < -0.3 is 5.32 Å². The van der Waals surface area contributed by atoms with Gasteiger partial charge in [0.05, 0.1) is 0 Å². The molecule has 1 N–H and O–H groups in total. The molecule has 110 valence electrons. The second kappa shape index (κ2) is 5.78. The molecule has 1 heterocycles. The van der Waals surface area contributed by atoms with Crippen LogP contribution in [0.25, 0.3) is 0 Å². The molecule has 0 radical (unpaired) electrons. The summed E-state index contributed by atoms with van der Waals surface area (Å²) in [7, 11) is 0. The maximum absolute atomic E-state index is 13.3. The second-order valence-corrected chi connectivity index (χ2v) is 6.21. The maximum Gasteiger partial charge on any atom is 0.159 e. The van der Waals surface area contributed by atoms with E-state index < -0.39 is 11.6 Å². The Bertz CT molecular complexity index is 474. The van der Waals surface area contributed by atoms with Crippen LogP contribution in [0.4, 0.5) is 8.78 Å². The van der Waals surface area contributed by atoms with E-state index in [1.165, 1.54) is 25.0 Å². The minimum atomic E-state index is -0.768. The normalized spacial score (nSPS) is 28.4. The topological polar surface area (TPSA) is 15.3 Å². The van der Waals surface area contributed by atoms with Crippen LogP contribution in [0.2, 0.25) is 0 Å². The Kier molecular flexibility index (Phi) is 4.03. The molecule has 2 unspecified atom stereocenters. The molecule has 0 aromatic heterocycles. The SMILES string of the molecule is CC1CCNC(C2CC2)CN1Cc1ccc(F)c(F)c1. The molecule has 0 spiro atoms. The minimum absolute atomic E-state index is 0.472. The smallest absolute Gasteiger partial charge is 0.159 e. The van der Waals surface area contributed by atoms with Gasteiger partial charge in [-0.15, -0.1) is 0 Å². The predicted molar refractivity (Wildman–Crippen MR) is 75.4 cm³/mol. The number of rotatable bonds is 3. The standard InChI is InChI=1S/C16H22F2N2/c1-11-6-7-19-16(13-3-4-13)10-20(11)9-12-2-5-14(17)15(18)8-12/h2,5,8,11,13,16,19H,3-4,6-7,9-10H2,1H3. The van der Waals surface area contributed by atoms with Gasteiger partial charge in [0.2, 0.25) is 0 Å². The van der Waals surface area contributed by atoms with E-state index in [4.69, 9.17) is 0 Å². The van der Waals surface area contributed by atoms with Gasteiger partial charge in [0.1, 0.15) is 0 Å². The monoisotopic (exact) mass is 280 g/mol. The third kappa shape index (κ3) is 3.18. The van der Waals surface area contributed by atoms with E-state index in [0.29, 0.717) is 18.6 Å². The van der Waals surface area contributed by atoms with Crippen LogP contribution in [0.5, 0.6) is 0 Å². The largest absolute Gasteiger partial charge is 0.312 e. The summed E-state index contributed by atoms with van der Waals surface area (Å²) in [6.45, 7) is 4.97. The minimum Gasteiger partial charge on any atom is -0.312 e.